The van der Waals surface area contributed by atoms with Crippen molar-refractivity contribution in [3.05, 3.63) is 101 Å². The van der Waals surface area contributed by atoms with Gasteiger partial charge in [0.1, 0.15) is 23.7 Å². The number of fused-ring (bicyclic) bond motifs is 1. The molecule has 1 aliphatic rings. The quantitative estimate of drug-likeness (QED) is 0.367. The number of hydrogen-bond donors (Lipinski definition) is 0. The van der Waals surface area contributed by atoms with Crippen molar-refractivity contribution in [1.82, 2.24) is 0 Å². The molecule has 0 radical (unpaired) electrons. The van der Waals surface area contributed by atoms with Gasteiger partial charge in [0.25, 0.3) is 0 Å². The van der Waals surface area contributed by atoms with E-state index in [4.69, 9.17) is 9.15 Å². The number of furan rings is 1. The number of carbonyl (C=O) groups is 1. The monoisotopic (exact) mass is 382 g/mol. The maximum atomic E-state index is 13.2. The maximum absolute atomic E-state index is 13.2. The van der Waals surface area contributed by atoms with E-state index in [2.05, 4.69) is 6.07 Å². The second-order valence-electron chi connectivity index (χ2n) is 7.77. The summed E-state index contributed by atoms with van der Waals surface area (Å²) in [7, 11) is 0. The van der Waals surface area contributed by atoms with Crippen molar-refractivity contribution in [3.8, 4) is 5.75 Å². The van der Waals surface area contributed by atoms with E-state index in [1.165, 1.54) is 0 Å². The predicted molar refractivity (Wildman–Crippen MR) is 113 cm³/mol. The predicted octanol–water partition coefficient (Wildman–Crippen LogP) is 6.31. The zero-order valence-electron chi connectivity index (χ0n) is 16.3. The molecule has 5 rings (SSSR count). The van der Waals surface area contributed by atoms with Crippen LogP contribution in [-0.2, 0) is 6.61 Å². The van der Waals surface area contributed by atoms with E-state index in [0.29, 0.717) is 17.9 Å². The van der Waals surface area contributed by atoms with Crippen LogP contribution in [0.15, 0.2) is 83.3 Å². The molecule has 3 nitrogen and oxygen atoms in total. The lowest BCUT2D eigenvalue weighted by Gasteiger charge is -2.12. The number of Topliss-reactive ketones (excluding diaryl/α,β-unsaturated/α-hetero) is 1. The van der Waals surface area contributed by atoms with E-state index in [9.17, 15) is 4.79 Å². The van der Waals surface area contributed by atoms with Crippen LogP contribution in [0.25, 0.3) is 11.0 Å². The van der Waals surface area contributed by atoms with Crippen LogP contribution in [0, 0.1) is 12.8 Å². The van der Waals surface area contributed by atoms with E-state index in [0.717, 1.165) is 34.3 Å². The lowest BCUT2D eigenvalue weighted by atomic mass is 10.0. The Hall–Kier alpha value is -3.33. The molecule has 4 aromatic rings. The normalized spacial score (nSPS) is 18.0. The molecule has 144 valence electrons. The third-order valence-corrected chi connectivity index (χ3v) is 5.58. The van der Waals surface area contributed by atoms with Crippen molar-refractivity contribution in [2.45, 2.75) is 25.9 Å². The number of para-hydroxylation sites is 1. The Labute approximate surface area is 169 Å². The van der Waals surface area contributed by atoms with Gasteiger partial charge in [-0.3, -0.25) is 4.79 Å². The number of ketones is 1. The van der Waals surface area contributed by atoms with Gasteiger partial charge in [-0.05, 0) is 48.7 Å². The van der Waals surface area contributed by atoms with Gasteiger partial charge in [-0.1, -0.05) is 54.6 Å². The Morgan fingerprint density at radius 2 is 1.79 bits per heavy atom. The minimum absolute atomic E-state index is 0.0441. The zero-order valence-corrected chi connectivity index (χ0v) is 16.3. The molecule has 1 fully saturated rings. The van der Waals surface area contributed by atoms with Gasteiger partial charge in [-0.15, -0.1) is 0 Å². The summed E-state index contributed by atoms with van der Waals surface area (Å²) in [6.07, 6.45) is 0.824. The van der Waals surface area contributed by atoms with Crippen molar-refractivity contribution in [3.63, 3.8) is 0 Å². The summed E-state index contributed by atoms with van der Waals surface area (Å²) in [5, 5.41) is 1.09. The average molecular weight is 382 g/mol. The van der Waals surface area contributed by atoms with Gasteiger partial charge in [-0.25, -0.2) is 0 Å². The zero-order chi connectivity index (χ0) is 19.8. The lowest BCUT2D eigenvalue weighted by Crippen LogP contribution is -2.07. The first-order valence-corrected chi connectivity index (χ1v) is 9.99. The molecular weight excluding hydrogens is 360 g/mol. The van der Waals surface area contributed by atoms with Crippen LogP contribution < -0.4 is 4.74 Å². The molecule has 1 aromatic heterocycles. The Morgan fingerprint density at radius 1 is 1.00 bits per heavy atom. The first-order chi connectivity index (χ1) is 14.2. The fraction of sp³-hybridized carbons (Fsp3) is 0.192. The van der Waals surface area contributed by atoms with Gasteiger partial charge in [0.05, 0.1) is 5.56 Å². The molecule has 0 N–H and O–H groups in total. The molecule has 1 heterocycles. The van der Waals surface area contributed by atoms with Crippen LogP contribution in [0.3, 0.4) is 0 Å². The molecule has 0 amide bonds. The van der Waals surface area contributed by atoms with E-state index in [-0.39, 0.29) is 17.6 Å². The number of hydrogen-bond acceptors (Lipinski definition) is 3. The Balaban J connectivity index is 1.36. The summed E-state index contributed by atoms with van der Waals surface area (Å²) >= 11 is 0. The van der Waals surface area contributed by atoms with E-state index < -0.39 is 0 Å². The van der Waals surface area contributed by atoms with Crippen molar-refractivity contribution in [1.29, 1.82) is 0 Å². The number of aryl methyl sites for hydroxylation is 1. The topological polar surface area (TPSA) is 39.4 Å². The smallest absolute Gasteiger partial charge is 0.170 e. The van der Waals surface area contributed by atoms with Gasteiger partial charge in [0, 0.05) is 17.2 Å². The van der Waals surface area contributed by atoms with Gasteiger partial charge in [-0.2, -0.15) is 0 Å². The van der Waals surface area contributed by atoms with E-state index >= 15 is 0 Å². The second kappa shape index (κ2) is 7.25. The molecule has 0 bridgehead atoms. The summed E-state index contributed by atoms with van der Waals surface area (Å²) in [4.78, 5) is 13.2. The number of ether oxygens (including phenoxy) is 1. The largest absolute Gasteiger partial charge is 0.488 e. The molecule has 0 aliphatic heterocycles. The summed E-state index contributed by atoms with van der Waals surface area (Å²) in [6.45, 7) is 2.46. The highest BCUT2D eigenvalue weighted by Crippen LogP contribution is 2.51. The number of rotatable bonds is 6. The van der Waals surface area contributed by atoms with E-state index in [1.807, 2.05) is 79.7 Å². The van der Waals surface area contributed by atoms with Crippen LogP contribution in [-0.4, -0.2) is 5.78 Å². The standard InChI is InChI=1S/C26H22O3/c1-17-11-12-20(24(13-17)28-16-18-7-3-2-4-8-18)26(27)22-15-21(22)25-14-19-9-5-6-10-23(19)29-25/h2-14,21-22H,15-16H2,1H3. The van der Waals surface area contributed by atoms with Crippen LogP contribution in [0.4, 0.5) is 0 Å². The maximum Gasteiger partial charge on any atom is 0.170 e. The van der Waals surface area contributed by atoms with Gasteiger partial charge < -0.3 is 9.15 Å². The van der Waals surface area contributed by atoms with Crippen molar-refractivity contribution < 1.29 is 13.9 Å². The van der Waals surface area contributed by atoms with Crippen LogP contribution in [0.1, 0.15) is 39.6 Å². The van der Waals surface area contributed by atoms with Crippen LogP contribution in [0.5, 0.6) is 5.75 Å². The highest BCUT2D eigenvalue weighted by Gasteiger charge is 2.46. The average Bonchev–Trinajstić information content (AvgIpc) is 3.43. The Kier molecular flexibility index (Phi) is 4.44. The third kappa shape index (κ3) is 3.56. The molecule has 2 unspecified atom stereocenters. The SMILES string of the molecule is Cc1ccc(C(=O)C2CC2c2cc3ccccc3o2)c(OCc2ccccc2)c1. The van der Waals surface area contributed by atoms with Gasteiger partial charge in [0.2, 0.25) is 0 Å². The number of carbonyl (C=O) groups excluding carboxylic acids is 1. The van der Waals surface area contributed by atoms with Crippen LogP contribution in [0.2, 0.25) is 0 Å². The Morgan fingerprint density at radius 3 is 2.62 bits per heavy atom. The lowest BCUT2D eigenvalue weighted by molar-refractivity contribution is 0.0959. The molecule has 0 saturated heterocycles. The van der Waals surface area contributed by atoms with Crippen molar-refractivity contribution >= 4 is 16.8 Å². The molecule has 3 aromatic carbocycles. The summed E-state index contributed by atoms with van der Waals surface area (Å²) < 4.78 is 12.0. The van der Waals surface area contributed by atoms with Crippen LogP contribution >= 0.6 is 0 Å². The fourth-order valence-electron chi connectivity index (χ4n) is 3.87. The molecule has 1 saturated carbocycles. The molecule has 29 heavy (non-hydrogen) atoms. The molecule has 3 heteroatoms. The Bertz CT molecular complexity index is 1140. The highest BCUT2D eigenvalue weighted by atomic mass is 16.5. The fourth-order valence-corrected chi connectivity index (χ4v) is 3.87. The molecular formula is C26H22O3. The van der Waals surface area contributed by atoms with Crippen molar-refractivity contribution in [2.24, 2.45) is 5.92 Å². The minimum atomic E-state index is -0.0441. The van der Waals surface area contributed by atoms with E-state index in [1.54, 1.807) is 0 Å². The minimum Gasteiger partial charge on any atom is -0.488 e. The first kappa shape index (κ1) is 17.7. The summed E-state index contributed by atoms with van der Waals surface area (Å²) in [6, 6.07) is 25.9. The van der Waals surface area contributed by atoms with Crippen molar-refractivity contribution in [2.75, 3.05) is 0 Å². The molecule has 2 atom stereocenters. The molecule has 0 spiro atoms. The first-order valence-electron chi connectivity index (χ1n) is 9.99. The summed E-state index contributed by atoms with van der Waals surface area (Å²) in [5.74, 6) is 1.81. The summed E-state index contributed by atoms with van der Waals surface area (Å²) in [5.41, 5.74) is 3.70. The number of benzene rings is 3. The highest BCUT2D eigenvalue weighted by molar-refractivity contribution is 6.02. The van der Waals surface area contributed by atoms with Gasteiger partial charge >= 0.3 is 0 Å². The van der Waals surface area contributed by atoms with Gasteiger partial charge in [0.15, 0.2) is 5.78 Å². The second-order valence-corrected chi connectivity index (χ2v) is 7.77. The third-order valence-electron chi connectivity index (χ3n) is 5.58. The molecule has 1 aliphatic carbocycles.